The number of hydrogen-bond donors (Lipinski definition) is 1. The van der Waals surface area contributed by atoms with Gasteiger partial charge in [0.2, 0.25) is 10.0 Å². The van der Waals surface area contributed by atoms with Crippen molar-refractivity contribution in [2.75, 3.05) is 23.0 Å². The van der Waals surface area contributed by atoms with E-state index in [1.165, 1.54) is 11.3 Å². The van der Waals surface area contributed by atoms with Crippen LogP contribution in [0.2, 0.25) is 0 Å². The zero-order chi connectivity index (χ0) is 15.5. The van der Waals surface area contributed by atoms with Crippen molar-refractivity contribution >= 4 is 43.9 Å². The Morgan fingerprint density at radius 1 is 1.43 bits per heavy atom. The Morgan fingerprint density at radius 2 is 2.19 bits per heavy atom. The summed E-state index contributed by atoms with van der Waals surface area (Å²) in [6.07, 6.45) is 3.04. The molecule has 0 aromatic carbocycles. The maximum Gasteiger partial charge on any atom is 0.341 e. The highest BCUT2D eigenvalue weighted by atomic mass is 35.5. The van der Waals surface area contributed by atoms with E-state index in [9.17, 15) is 13.2 Å². The van der Waals surface area contributed by atoms with Gasteiger partial charge in [-0.2, -0.15) is 0 Å². The van der Waals surface area contributed by atoms with Crippen LogP contribution >= 0.6 is 22.9 Å². The minimum Gasteiger partial charge on any atom is -0.462 e. The Hall–Kier alpha value is -0.790. The second kappa shape index (κ2) is 6.98. The summed E-state index contributed by atoms with van der Waals surface area (Å²) in [6, 6.07) is 0. The lowest BCUT2D eigenvalue weighted by atomic mass is 10.1. The molecule has 0 amide bonds. The normalized spacial score (nSPS) is 14.0. The van der Waals surface area contributed by atoms with E-state index in [-0.39, 0.29) is 18.2 Å². The molecular formula is C13H18ClNO4S2. The van der Waals surface area contributed by atoms with Gasteiger partial charge in [-0.3, -0.25) is 4.72 Å². The third kappa shape index (κ3) is 3.90. The standard InChI is InChI=1S/C13H18ClNO4S2/c1-2-19-13(16)11-9-5-3-6-10(9)20-12(11)15-21(17,18)8-4-7-14/h15H,2-8H2,1H3. The predicted molar refractivity (Wildman–Crippen MR) is 85.0 cm³/mol. The van der Waals surface area contributed by atoms with E-state index in [0.29, 0.717) is 17.0 Å². The Morgan fingerprint density at radius 3 is 2.86 bits per heavy atom. The van der Waals surface area contributed by atoms with Gasteiger partial charge in [0.1, 0.15) is 5.00 Å². The lowest BCUT2D eigenvalue weighted by Gasteiger charge is -2.09. The average molecular weight is 352 g/mol. The van der Waals surface area contributed by atoms with Crippen LogP contribution in [0.25, 0.3) is 0 Å². The van der Waals surface area contributed by atoms with Gasteiger partial charge < -0.3 is 4.74 Å². The summed E-state index contributed by atoms with van der Waals surface area (Å²) in [6.45, 7) is 2.00. The van der Waals surface area contributed by atoms with Crippen LogP contribution in [0.3, 0.4) is 0 Å². The topological polar surface area (TPSA) is 72.5 Å². The van der Waals surface area contributed by atoms with Crippen molar-refractivity contribution in [3.05, 3.63) is 16.0 Å². The van der Waals surface area contributed by atoms with Gasteiger partial charge in [0.05, 0.1) is 17.9 Å². The van der Waals surface area contributed by atoms with Crippen molar-refractivity contribution in [3.8, 4) is 0 Å². The van der Waals surface area contributed by atoms with Crippen LogP contribution < -0.4 is 4.72 Å². The average Bonchev–Trinajstić information content (AvgIpc) is 2.96. The van der Waals surface area contributed by atoms with E-state index in [1.807, 2.05) is 0 Å². The van der Waals surface area contributed by atoms with Crippen molar-refractivity contribution in [1.29, 1.82) is 0 Å². The second-order valence-corrected chi connectivity index (χ2v) is 8.07. The first kappa shape index (κ1) is 16.6. The number of aryl methyl sites for hydroxylation is 1. The van der Waals surface area contributed by atoms with Crippen LogP contribution in [-0.4, -0.2) is 32.6 Å². The number of carbonyl (C=O) groups excluding carboxylic acids is 1. The number of fused-ring (bicyclic) bond motifs is 1. The summed E-state index contributed by atoms with van der Waals surface area (Å²) in [5.41, 5.74) is 1.33. The van der Waals surface area contributed by atoms with E-state index in [2.05, 4.69) is 4.72 Å². The van der Waals surface area contributed by atoms with Crippen LogP contribution in [0.4, 0.5) is 5.00 Å². The molecule has 1 aliphatic rings. The molecule has 21 heavy (non-hydrogen) atoms. The smallest absolute Gasteiger partial charge is 0.341 e. The summed E-state index contributed by atoms with van der Waals surface area (Å²) in [5.74, 6) is -0.222. The predicted octanol–water partition coefficient (Wildman–Crippen LogP) is 2.78. The van der Waals surface area contributed by atoms with Gasteiger partial charge in [-0.15, -0.1) is 22.9 Å². The van der Waals surface area contributed by atoms with Gasteiger partial charge in [0.15, 0.2) is 0 Å². The molecule has 0 fully saturated rings. The summed E-state index contributed by atoms with van der Waals surface area (Å²) in [5, 5.41) is 0.382. The molecule has 0 bridgehead atoms. The van der Waals surface area contributed by atoms with Crippen molar-refractivity contribution in [3.63, 3.8) is 0 Å². The second-order valence-electron chi connectivity index (χ2n) is 4.75. The van der Waals surface area contributed by atoms with Crippen LogP contribution in [0.1, 0.15) is 40.6 Å². The van der Waals surface area contributed by atoms with E-state index in [0.717, 1.165) is 29.7 Å². The highest BCUT2D eigenvalue weighted by Gasteiger charge is 2.29. The van der Waals surface area contributed by atoms with Crippen molar-refractivity contribution < 1.29 is 17.9 Å². The minimum absolute atomic E-state index is 0.0542. The van der Waals surface area contributed by atoms with Gasteiger partial charge in [-0.1, -0.05) is 0 Å². The first-order valence-corrected chi connectivity index (χ1v) is 9.87. The number of carbonyl (C=O) groups is 1. The third-order valence-electron chi connectivity index (χ3n) is 3.20. The number of alkyl halides is 1. The molecule has 1 N–H and O–H groups in total. The van der Waals surface area contributed by atoms with E-state index < -0.39 is 16.0 Å². The molecule has 0 radical (unpaired) electrons. The number of rotatable bonds is 7. The molecule has 0 saturated carbocycles. The number of anilines is 1. The zero-order valence-electron chi connectivity index (χ0n) is 11.8. The highest BCUT2D eigenvalue weighted by Crippen LogP contribution is 2.40. The highest BCUT2D eigenvalue weighted by molar-refractivity contribution is 7.92. The molecule has 0 unspecified atom stereocenters. The zero-order valence-corrected chi connectivity index (χ0v) is 14.2. The minimum atomic E-state index is -3.49. The number of esters is 1. The quantitative estimate of drug-likeness (QED) is 0.605. The number of halogens is 1. The molecule has 2 rings (SSSR count). The van der Waals surface area contributed by atoms with Crippen molar-refractivity contribution in [2.24, 2.45) is 0 Å². The molecule has 0 atom stereocenters. The van der Waals surface area contributed by atoms with Gasteiger partial charge in [-0.05, 0) is 38.2 Å². The maximum atomic E-state index is 12.1. The number of sulfonamides is 1. The van der Waals surface area contributed by atoms with Gasteiger partial charge >= 0.3 is 5.97 Å². The SMILES string of the molecule is CCOC(=O)c1c(NS(=O)(=O)CCCCl)sc2c1CCC2. The van der Waals surface area contributed by atoms with Gasteiger partial charge in [0, 0.05) is 10.8 Å². The van der Waals surface area contributed by atoms with Crippen LogP contribution in [0, 0.1) is 0 Å². The van der Waals surface area contributed by atoms with Crippen molar-refractivity contribution in [1.82, 2.24) is 0 Å². The number of nitrogens with one attached hydrogen (secondary N) is 1. The third-order valence-corrected chi connectivity index (χ3v) is 6.14. The molecule has 0 saturated heterocycles. The lowest BCUT2D eigenvalue weighted by Crippen LogP contribution is -2.18. The van der Waals surface area contributed by atoms with Crippen LogP contribution in [0.15, 0.2) is 0 Å². The Balaban J connectivity index is 2.29. The number of ether oxygens (including phenoxy) is 1. The largest absolute Gasteiger partial charge is 0.462 e. The molecule has 118 valence electrons. The van der Waals surface area contributed by atoms with Crippen LogP contribution in [0.5, 0.6) is 0 Å². The van der Waals surface area contributed by atoms with Gasteiger partial charge in [-0.25, -0.2) is 13.2 Å². The summed E-state index contributed by atoms with van der Waals surface area (Å²) >= 11 is 6.87. The van der Waals surface area contributed by atoms with E-state index in [4.69, 9.17) is 16.3 Å². The molecule has 1 aromatic heterocycles. The van der Waals surface area contributed by atoms with Crippen LogP contribution in [-0.2, 0) is 27.6 Å². The monoisotopic (exact) mass is 351 g/mol. The van der Waals surface area contributed by atoms with E-state index in [1.54, 1.807) is 6.92 Å². The summed E-state index contributed by atoms with van der Waals surface area (Å²) in [4.78, 5) is 13.2. The first-order valence-electron chi connectivity index (χ1n) is 6.86. The fourth-order valence-corrected chi connectivity index (χ4v) is 5.31. The Labute approximate surface area is 133 Å². The number of thiophene rings is 1. The molecule has 1 heterocycles. The Kier molecular flexibility index (Phi) is 5.51. The first-order chi connectivity index (χ1) is 9.98. The Bertz CT molecular complexity index is 624. The summed E-state index contributed by atoms with van der Waals surface area (Å²) in [7, 11) is -3.49. The molecule has 5 nitrogen and oxygen atoms in total. The molecule has 0 spiro atoms. The van der Waals surface area contributed by atoms with Crippen molar-refractivity contribution in [2.45, 2.75) is 32.6 Å². The fraction of sp³-hybridized carbons (Fsp3) is 0.615. The molecule has 1 aromatic rings. The molecule has 8 heteroatoms. The van der Waals surface area contributed by atoms with Gasteiger partial charge in [0.25, 0.3) is 0 Å². The fourth-order valence-electron chi connectivity index (χ4n) is 2.33. The number of hydrogen-bond acceptors (Lipinski definition) is 5. The molecular weight excluding hydrogens is 334 g/mol. The maximum absolute atomic E-state index is 12.1. The molecule has 0 aliphatic heterocycles. The van der Waals surface area contributed by atoms with E-state index >= 15 is 0 Å². The summed E-state index contributed by atoms with van der Waals surface area (Å²) < 4.78 is 31.6. The molecule has 1 aliphatic carbocycles. The lowest BCUT2D eigenvalue weighted by molar-refractivity contribution is 0.0527.